The summed E-state index contributed by atoms with van der Waals surface area (Å²) in [6.45, 7) is 3.71. The quantitative estimate of drug-likeness (QED) is 0.502. The van der Waals surface area contributed by atoms with Gasteiger partial charge < -0.3 is 5.32 Å². The summed E-state index contributed by atoms with van der Waals surface area (Å²) in [6.07, 6.45) is 0.927. The molecule has 0 bridgehead atoms. The second kappa shape index (κ2) is 9.24. The minimum atomic E-state index is -1.61. The number of thiophene rings is 1. The molecule has 1 aromatic heterocycles. The zero-order valence-electron chi connectivity index (χ0n) is 16.0. The Morgan fingerprint density at radius 2 is 1.76 bits per heavy atom. The maximum absolute atomic E-state index is 13.9. The highest BCUT2D eigenvalue weighted by Crippen LogP contribution is 2.27. The Balaban J connectivity index is 1.78. The molecule has 0 fully saturated rings. The van der Waals surface area contributed by atoms with Crippen molar-refractivity contribution in [2.24, 2.45) is 0 Å². The highest BCUT2D eigenvalue weighted by molar-refractivity contribution is 7.10. The Morgan fingerprint density at radius 1 is 1.03 bits per heavy atom. The number of carbonyl (C=O) groups excluding carboxylic acids is 1. The average molecular weight is 418 g/mol. The fourth-order valence-electron chi connectivity index (χ4n) is 2.93. The summed E-state index contributed by atoms with van der Waals surface area (Å²) in [5.74, 6) is -4.90. The van der Waals surface area contributed by atoms with Crippen LogP contribution in [0.15, 0.2) is 53.9 Å². The normalized spacial score (nSPS) is 13.1. The Morgan fingerprint density at radius 3 is 2.38 bits per heavy atom. The maximum Gasteiger partial charge on any atom is 0.241 e. The third kappa shape index (κ3) is 4.86. The molecule has 0 spiro atoms. The van der Waals surface area contributed by atoms with E-state index in [1.165, 1.54) is 5.56 Å². The summed E-state index contributed by atoms with van der Waals surface area (Å²) >= 11 is 1.55. The molecule has 3 nitrogen and oxygen atoms in total. The van der Waals surface area contributed by atoms with Gasteiger partial charge in [-0.3, -0.25) is 10.1 Å². The molecular weight excluding hydrogens is 397 g/mol. The number of anilines is 1. The largest absolute Gasteiger partial charge is 0.322 e. The first kappa shape index (κ1) is 21.1. The van der Waals surface area contributed by atoms with Crippen molar-refractivity contribution < 1.29 is 18.0 Å². The minimum Gasteiger partial charge on any atom is -0.322 e. The summed E-state index contributed by atoms with van der Waals surface area (Å²) in [6, 6.07) is 12.8. The third-order valence-corrected chi connectivity index (χ3v) is 5.59. The number of hydrogen-bond donors (Lipinski definition) is 2. The molecule has 0 saturated heterocycles. The van der Waals surface area contributed by atoms with E-state index in [1.54, 1.807) is 18.3 Å². The monoisotopic (exact) mass is 418 g/mol. The molecule has 1 heterocycles. The second-order valence-corrected chi connectivity index (χ2v) is 7.62. The van der Waals surface area contributed by atoms with Crippen LogP contribution in [0, 0.1) is 17.5 Å². The van der Waals surface area contributed by atoms with Crippen LogP contribution >= 0.6 is 11.3 Å². The van der Waals surface area contributed by atoms with Gasteiger partial charge in [-0.05, 0) is 48.1 Å². The van der Waals surface area contributed by atoms with Crippen LogP contribution in [-0.2, 0) is 11.2 Å². The summed E-state index contributed by atoms with van der Waals surface area (Å²) < 4.78 is 40.4. The van der Waals surface area contributed by atoms with Gasteiger partial charge in [-0.2, -0.15) is 0 Å². The van der Waals surface area contributed by atoms with Crippen molar-refractivity contribution in [3.05, 3.63) is 87.4 Å². The second-order valence-electron chi connectivity index (χ2n) is 6.64. The Kier molecular flexibility index (Phi) is 6.71. The van der Waals surface area contributed by atoms with E-state index >= 15 is 0 Å². The lowest BCUT2D eigenvalue weighted by molar-refractivity contribution is -0.117. The molecule has 0 aliphatic rings. The molecule has 152 valence electrons. The van der Waals surface area contributed by atoms with E-state index < -0.39 is 35.1 Å². The first-order valence-electron chi connectivity index (χ1n) is 9.23. The number of halogens is 3. The topological polar surface area (TPSA) is 41.1 Å². The zero-order valence-corrected chi connectivity index (χ0v) is 16.8. The number of amides is 1. The zero-order chi connectivity index (χ0) is 21.0. The van der Waals surface area contributed by atoms with E-state index in [1.807, 2.05) is 41.8 Å². The molecule has 3 rings (SSSR count). The van der Waals surface area contributed by atoms with E-state index in [4.69, 9.17) is 0 Å². The van der Waals surface area contributed by atoms with Crippen molar-refractivity contribution in [1.82, 2.24) is 5.32 Å². The van der Waals surface area contributed by atoms with Gasteiger partial charge in [0.1, 0.15) is 0 Å². The molecular formula is C22H21F3N2OS. The molecule has 2 N–H and O–H groups in total. The van der Waals surface area contributed by atoms with E-state index in [-0.39, 0.29) is 6.04 Å². The van der Waals surface area contributed by atoms with Gasteiger partial charge in [0.25, 0.3) is 0 Å². The van der Waals surface area contributed by atoms with Gasteiger partial charge in [-0.1, -0.05) is 37.3 Å². The average Bonchev–Trinajstić information content (AvgIpc) is 3.27. The van der Waals surface area contributed by atoms with Crippen molar-refractivity contribution in [1.29, 1.82) is 0 Å². The van der Waals surface area contributed by atoms with Crippen LogP contribution in [0.1, 0.15) is 35.9 Å². The van der Waals surface area contributed by atoms with Gasteiger partial charge in [0.15, 0.2) is 17.5 Å². The number of carbonyl (C=O) groups is 1. The van der Waals surface area contributed by atoms with Gasteiger partial charge in [0.05, 0.1) is 17.8 Å². The number of benzene rings is 2. The van der Waals surface area contributed by atoms with Crippen molar-refractivity contribution in [2.75, 3.05) is 5.32 Å². The predicted octanol–water partition coefficient (Wildman–Crippen LogP) is 5.43. The summed E-state index contributed by atoms with van der Waals surface area (Å²) in [4.78, 5) is 13.6. The van der Waals surface area contributed by atoms with E-state index in [0.717, 1.165) is 29.0 Å². The van der Waals surface area contributed by atoms with Crippen LogP contribution < -0.4 is 10.6 Å². The van der Waals surface area contributed by atoms with Crippen molar-refractivity contribution in [2.45, 2.75) is 32.4 Å². The fourth-order valence-corrected chi connectivity index (χ4v) is 3.74. The molecule has 0 aliphatic heterocycles. The first-order chi connectivity index (χ1) is 13.9. The van der Waals surface area contributed by atoms with Crippen LogP contribution in [0.3, 0.4) is 0 Å². The Bertz CT molecular complexity index is 974. The van der Waals surface area contributed by atoms with Gasteiger partial charge in [0, 0.05) is 4.88 Å². The predicted molar refractivity (Wildman–Crippen MR) is 110 cm³/mol. The van der Waals surface area contributed by atoms with E-state index in [0.29, 0.717) is 0 Å². The number of hydrogen-bond acceptors (Lipinski definition) is 3. The van der Waals surface area contributed by atoms with E-state index in [2.05, 4.69) is 17.6 Å². The molecule has 2 aromatic carbocycles. The van der Waals surface area contributed by atoms with Gasteiger partial charge in [-0.15, -0.1) is 11.3 Å². The molecule has 0 aliphatic carbocycles. The van der Waals surface area contributed by atoms with Crippen LogP contribution in [0.2, 0.25) is 0 Å². The highest BCUT2D eigenvalue weighted by atomic mass is 32.1. The first-order valence-corrected chi connectivity index (χ1v) is 10.1. The molecule has 0 unspecified atom stereocenters. The summed E-state index contributed by atoms with van der Waals surface area (Å²) in [5.41, 5.74) is 1.80. The van der Waals surface area contributed by atoms with E-state index in [9.17, 15) is 18.0 Å². The number of rotatable bonds is 7. The summed E-state index contributed by atoms with van der Waals surface area (Å²) in [7, 11) is 0. The SMILES string of the molecule is CCc1ccc([C@H](N[C@H](C)C(=O)Nc2ccc(F)c(F)c2F)c2cccs2)cc1. The lowest BCUT2D eigenvalue weighted by Crippen LogP contribution is -2.40. The van der Waals surface area contributed by atoms with Gasteiger partial charge in [-0.25, -0.2) is 13.2 Å². The van der Waals surface area contributed by atoms with Crippen LogP contribution in [0.5, 0.6) is 0 Å². The standard InChI is InChI=1S/C22H21F3N2OS/c1-3-14-6-8-15(9-7-14)21(18-5-4-12-29-18)26-13(2)22(28)27-17-11-10-16(23)19(24)20(17)25/h4-13,21,26H,3H2,1-2H3,(H,27,28)/t13-,21+/m1/s1. The minimum absolute atomic E-state index is 0.239. The molecule has 3 aromatic rings. The Labute approximate surface area is 171 Å². The molecule has 0 radical (unpaired) electrons. The number of nitrogens with one attached hydrogen (secondary N) is 2. The highest BCUT2D eigenvalue weighted by Gasteiger charge is 2.23. The van der Waals surface area contributed by atoms with Crippen molar-refractivity contribution in [3.63, 3.8) is 0 Å². The van der Waals surface area contributed by atoms with Crippen molar-refractivity contribution >= 4 is 22.9 Å². The number of aryl methyl sites for hydroxylation is 1. The van der Waals surface area contributed by atoms with Crippen LogP contribution in [0.25, 0.3) is 0 Å². The molecule has 2 atom stereocenters. The Hall–Kier alpha value is -2.64. The van der Waals surface area contributed by atoms with Gasteiger partial charge in [0.2, 0.25) is 5.91 Å². The fraction of sp³-hybridized carbons (Fsp3) is 0.227. The van der Waals surface area contributed by atoms with Crippen LogP contribution in [-0.4, -0.2) is 11.9 Å². The third-order valence-electron chi connectivity index (χ3n) is 4.65. The molecule has 7 heteroatoms. The maximum atomic E-state index is 13.9. The smallest absolute Gasteiger partial charge is 0.241 e. The molecule has 1 amide bonds. The lowest BCUT2D eigenvalue weighted by atomic mass is 10.0. The molecule has 0 saturated carbocycles. The lowest BCUT2D eigenvalue weighted by Gasteiger charge is -2.23. The van der Waals surface area contributed by atoms with Crippen LogP contribution in [0.4, 0.5) is 18.9 Å². The summed E-state index contributed by atoms with van der Waals surface area (Å²) in [5, 5.41) is 7.52. The molecule has 29 heavy (non-hydrogen) atoms. The van der Waals surface area contributed by atoms with Gasteiger partial charge >= 0.3 is 0 Å². The van der Waals surface area contributed by atoms with Crippen molar-refractivity contribution in [3.8, 4) is 0 Å².